The van der Waals surface area contributed by atoms with Crippen LogP contribution in [0.2, 0.25) is 0 Å². The molecular formula is C14H14FN3O3. The Morgan fingerprint density at radius 3 is 2.71 bits per heavy atom. The lowest BCUT2D eigenvalue weighted by molar-refractivity contribution is 0.0697. The van der Waals surface area contributed by atoms with E-state index in [0.29, 0.717) is 17.9 Å². The Kier molecular flexibility index (Phi) is 4.02. The van der Waals surface area contributed by atoms with Crippen LogP contribution in [-0.4, -0.2) is 26.8 Å². The molecule has 110 valence electrons. The highest BCUT2D eigenvalue weighted by Gasteiger charge is 2.17. The van der Waals surface area contributed by atoms with Crippen molar-refractivity contribution in [2.45, 2.75) is 20.4 Å². The first-order valence-electron chi connectivity index (χ1n) is 6.31. The maximum Gasteiger partial charge on any atom is 0.337 e. The average Bonchev–Trinajstić information content (AvgIpc) is 2.81. The zero-order valence-corrected chi connectivity index (χ0v) is 11.6. The molecule has 1 aromatic heterocycles. The van der Waals surface area contributed by atoms with E-state index in [1.807, 2.05) is 6.92 Å². The molecule has 0 spiro atoms. The van der Waals surface area contributed by atoms with Gasteiger partial charge in [0.05, 0.1) is 16.9 Å². The van der Waals surface area contributed by atoms with Gasteiger partial charge in [0.25, 0.3) is 5.91 Å². The number of rotatable bonds is 4. The summed E-state index contributed by atoms with van der Waals surface area (Å²) in [7, 11) is 0. The molecule has 6 nitrogen and oxygen atoms in total. The number of carbonyl (C=O) groups is 2. The number of anilines is 1. The van der Waals surface area contributed by atoms with Crippen molar-refractivity contribution in [3.63, 3.8) is 0 Å². The standard InChI is InChI=1S/C14H14FN3O3/c1-3-18-12(6-8(2)17-18)13(19)16-11-5-4-9(15)7-10(11)14(20)21/h4-7H,3H2,1-2H3,(H,16,19)(H,20,21). The highest BCUT2D eigenvalue weighted by atomic mass is 19.1. The molecule has 0 unspecified atom stereocenters. The van der Waals surface area contributed by atoms with E-state index in [9.17, 15) is 14.0 Å². The monoisotopic (exact) mass is 291 g/mol. The van der Waals surface area contributed by atoms with Crippen LogP contribution in [-0.2, 0) is 6.54 Å². The van der Waals surface area contributed by atoms with E-state index < -0.39 is 17.7 Å². The third-order valence-corrected chi connectivity index (χ3v) is 2.89. The normalized spacial score (nSPS) is 10.4. The minimum absolute atomic E-state index is 0.0374. The molecule has 0 aliphatic heterocycles. The van der Waals surface area contributed by atoms with Gasteiger partial charge in [-0.05, 0) is 38.1 Å². The largest absolute Gasteiger partial charge is 0.478 e. The van der Waals surface area contributed by atoms with Gasteiger partial charge in [-0.2, -0.15) is 5.10 Å². The van der Waals surface area contributed by atoms with Crippen LogP contribution >= 0.6 is 0 Å². The molecule has 0 aliphatic rings. The molecule has 0 radical (unpaired) electrons. The van der Waals surface area contributed by atoms with E-state index in [2.05, 4.69) is 10.4 Å². The van der Waals surface area contributed by atoms with Crippen molar-refractivity contribution >= 4 is 17.6 Å². The Hall–Kier alpha value is -2.70. The fourth-order valence-electron chi connectivity index (χ4n) is 1.96. The van der Waals surface area contributed by atoms with Crippen molar-refractivity contribution in [1.82, 2.24) is 9.78 Å². The number of aryl methyl sites for hydroxylation is 2. The fraction of sp³-hybridized carbons (Fsp3) is 0.214. The molecule has 7 heteroatoms. The van der Waals surface area contributed by atoms with E-state index >= 15 is 0 Å². The highest BCUT2D eigenvalue weighted by molar-refractivity contribution is 6.06. The van der Waals surface area contributed by atoms with Gasteiger partial charge >= 0.3 is 5.97 Å². The maximum absolute atomic E-state index is 13.1. The smallest absolute Gasteiger partial charge is 0.337 e. The number of halogens is 1. The number of benzene rings is 1. The van der Waals surface area contributed by atoms with Gasteiger partial charge in [-0.3, -0.25) is 9.48 Å². The number of nitrogens with one attached hydrogen (secondary N) is 1. The van der Waals surface area contributed by atoms with Gasteiger partial charge in [-0.1, -0.05) is 0 Å². The molecule has 1 amide bonds. The Morgan fingerprint density at radius 1 is 1.38 bits per heavy atom. The van der Waals surface area contributed by atoms with Crippen LogP contribution in [0.25, 0.3) is 0 Å². The van der Waals surface area contributed by atoms with Crippen molar-refractivity contribution < 1.29 is 19.1 Å². The summed E-state index contributed by atoms with van der Waals surface area (Å²) in [5.74, 6) is -2.49. The molecule has 1 heterocycles. The number of carboxylic acids is 1. The number of carboxylic acid groups (broad SMARTS) is 1. The molecule has 0 fully saturated rings. The van der Waals surface area contributed by atoms with Crippen LogP contribution in [0, 0.1) is 12.7 Å². The second-order valence-electron chi connectivity index (χ2n) is 4.44. The van der Waals surface area contributed by atoms with Gasteiger partial charge < -0.3 is 10.4 Å². The Balaban J connectivity index is 2.33. The second-order valence-corrected chi connectivity index (χ2v) is 4.44. The maximum atomic E-state index is 13.1. The average molecular weight is 291 g/mol. The summed E-state index contributed by atoms with van der Waals surface area (Å²) in [6.07, 6.45) is 0. The number of aromatic carboxylic acids is 1. The van der Waals surface area contributed by atoms with Gasteiger partial charge in [0.1, 0.15) is 11.5 Å². The Labute approximate surface area is 120 Å². The lowest BCUT2D eigenvalue weighted by Gasteiger charge is -2.09. The van der Waals surface area contributed by atoms with Crippen molar-refractivity contribution in [2.75, 3.05) is 5.32 Å². The molecule has 2 aromatic rings. The molecule has 0 bridgehead atoms. The van der Waals surface area contributed by atoms with Crippen molar-refractivity contribution in [1.29, 1.82) is 0 Å². The zero-order chi connectivity index (χ0) is 15.6. The number of hydrogen-bond donors (Lipinski definition) is 2. The van der Waals surface area contributed by atoms with Crippen molar-refractivity contribution in [3.8, 4) is 0 Å². The molecule has 2 rings (SSSR count). The molecule has 0 saturated heterocycles. The van der Waals surface area contributed by atoms with Gasteiger partial charge in [-0.25, -0.2) is 9.18 Å². The van der Waals surface area contributed by atoms with E-state index in [4.69, 9.17) is 5.11 Å². The third kappa shape index (κ3) is 3.07. The third-order valence-electron chi connectivity index (χ3n) is 2.89. The summed E-state index contributed by atoms with van der Waals surface area (Å²) in [4.78, 5) is 23.3. The number of nitrogens with zero attached hydrogens (tertiary/aromatic N) is 2. The van der Waals surface area contributed by atoms with Crippen LogP contribution in [0.1, 0.15) is 33.5 Å². The molecule has 1 aromatic carbocycles. The minimum Gasteiger partial charge on any atom is -0.478 e. The van der Waals surface area contributed by atoms with Gasteiger partial charge in [0, 0.05) is 6.54 Å². The van der Waals surface area contributed by atoms with Crippen LogP contribution in [0.5, 0.6) is 0 Å². The van der Waals surface area contributed by atoms with Crippen LogP contribution < -0.4 is 5.32 Å². The van der Waals surface area contributed by atoms with E-state index in [0.717, 1.165) is 12.1 Å². The Morgan fingerprint density at radius 2 is 2.10 bits per heavy atom. The lowest BCUT2D eigenvalue weighted by Crippen LogP contribution is -2.19. The number of carbonyl (C=O) groups excluding carboxylic acids is 1. The van der Waals surface area contributed by atoms with Crippen LogP contribution in [0.15, 0.2) is 24.3 Å². The summed E-state index contributed by atoms with van der Waals surface area (Å²) in [5.41, 5.74) is 0.730. The van der Waals surface area contributed by atoms with Gasteiger partial charge in [0.2, 0.25) is 0 Å². The highest BCUT2D eigenvalue weighted by Crippen LogP contribution is 2.18. The summed E-state index contributed by atoms with van der Waals surface area (Å²) >= 11 is 0. The van der Waals surface area contributed by atoms with E-state index in [-0.39, 0.29) is 11.3 Å². The summed E-state index contributed by atoms with van der Waals surface area (Å²) < 4.78 is 14.6. The van der Waals surface area contributed by atoms with Crippen molar-refractivity contribution in [2.24, 2.45) is 0 Å². The first kappa shape index (κ1) is 14.7. The quantitative estimate of drug-likeness (QED) is 0.905. The predicted octanol–water partition coefficient (Wildman–Crippen LogP) is 2.30. The van der Waals surface area contributed by atoms with Gasteiger partial charge in [0.15, 0.2) is 0 Å². The number of amides is 1. The predicted molar refractivity (Wildman–Crippen MR) is 74.0 cm³/mol. The molecular weight excluding hydrogens is 277 g/mol. The SMILES string of the molecule is CCn1nc(C)cc1C(=O)Nc1ccc(F)cc1C(=O)O. The first-order valence-corrected chi connectivity index (χ1v) is 6.31. The summed E-state index contributed by atoms with van der Waals surface area (Å²) in [5, 5.41) is 15.7. The molecule has 0 saturated carbocycles. The fourth-order valence-corrected chi connectivity index (χ4v) is 1.96. The molecule has 2 N–H and O–H groups in total. The molecule has 0 atom stereocenters. The summed E-state index contributed by atoms with van der Waals surface area (Å²) in [6, 6.07) is 4.77. The Bertz CT molecular complexity index is 709. The van der Waals surface area contributed by atoms with Gasteiger partial charge in [-0.15, -0.1) is 0 Å². The molecule has 0 aliphatic carbocycles. The minimum atomic E-state index is -1.31. The van der Waals surface area contributed by atoms with E-state index in [1.54, 1.807) is 13.0 Å². The molecule has 21 heavy (non-hydrogen) atoms. The number of hydrogen-bond acceptors (Lipinski definition) is 3. The van der Waals surface area contributed by atoms with Crippen LogP contribution in [0.3, 0.4) is 0 Å². The first-order chi connectivity index (χ1) is 9.92. The number of aromatic nitrogens is 2. The second kappa shape index (κ2) is 5.74. The van der Waals surface area contributed by atoms with Crippen LogP contribution in [0.4, 0.5) is 10.1 Å². The zero-order valence-electron chi connectivity index (χ0n) is 11.6. The lowest BCUT2D eigenvalue weighted by atomic mass is 10.1. The van der Waals surface area contributed by atoms with E-state index in [1.165, 1.54) is 10.7 Å². The summed E-state index contributed by atoms with van der Waals surface area (Å²) in [6.45, 7) is 4.10. The van der Waals surface area contributed by atoms with Crippen molar-refractivity contribution in [3.05, 3.63) is 47.0 Å². The topological polar surface area (TPSA) is 84.2 Å².